The zero-order valence-electron chi connectivity index (χ0n) is 14.4. The Labute approximate surface area is 156 Å². The van der Waals surface area contributed by atoms with Crippen LogP contribution in [0.25, 0.3) is 0 Å². The SMILES string of the molecule is [B]C(=O)NC(CC(C)C)C(=O)NCC(=O)NC1c2ccsc2C(=O)C1O. The van der Waals surface area contributed by atoms with Crippen LogP contribution in [0, 0.1) is 5.92 Å². The van der Waals surface area contributed by atoms with Crippen LogP contribution in [0.4, 0.5) is 4.79 Å². The van der Waals surface area contributed by atoms with Crippen LogP contribution >= 0.6 is 11.3 Å². The minimum atomic E-state index is -1.33. The van der Waals surface area contributed by atoms with Gasteiger partial charge < -0.3 is 21.1 Å². The smallest absolute Gasteiger partial charge is 0.242 e. The van der Waals surface area contributed by atoms with Crippen molar-refractivity contribution in [3.8, 4) is 0 Å². The fourth-order valence-electron chi connectivity index (χ4n) is 2.77. The Morgan fingerprint density at radius 2 is 2.04 bits per heavy atom. The molecule has 1 aromatic heterocycles. The lowest BCUT2D eigenvalue weighted by atomic mass is 10.0. The number of ketones is 1. The molecule has 1 heterocycles. The van der Waals surface area contributed by atoms with E-state index in [9.17, 15) is 24.3 Å². The predicted molar refractivity (Wildman–Crippen MR) is 96.1 cm³/mol. The molecule has 138 valence electrons. The van der Waals surface area contributed by atoms with Gasteiger partial charge in [-0.05, 0) is 29.3 Å². The molecular formula is C16H20BN3O5S. The van der Waals surface area contributed by atoms with Crippen molar-refractivity contribution >= 4 is 42.6 Å². The summed E-state index contributed by atoms with van der Waals surface area (Å²) in [7, 11) is 5.07. The van der Waals surface area contributed by atoms with E-state index in [1.54, 1.807) is 11.4 Å². The quantitative estimate of drug-likeness (QED) is 0.493. The van der Waals surface area contributed by atoms with E-state index >= 15 is 0 Å². The summed E-state index contributed by atoms with van der Waals surface area (Å²) in [6, 6.07) is -0.00150. The molecule has 8 nitrogen and oxygen atoms in total. The number of fused-ring (bicyclic) bond motifs is 1. The van der Waals surface area contributed by atoms with E-state index in [4.69, 9.17) is 7.85 Å². The average molecular weight is 377 g/mol. The summed E-state index contributed by atoms with van der Waals surface area (Å²) in [6.45, 7) is 3.41. The predicted octanol–water partition coefficient (Wildman–Crippen LogP) is -0.128. The Hall–Kier alpha value is -2.20. The molecule has 0 saturated heterocycles. The third kappa shape index (κ3) is 4.70. The Morgan fingerprint density at radius 3 is 2.65 bits per heavy atom. The molecule has 3 unspecified atom stereocenters. The van der Waals surface area contributed by atoms with Crippen LogP contribution in [-0.2, 0) is 9.59 Å². The van der Waals surface area contributed by atoms with Crippen molar-refractivity contribution in [2.24, 2.45) is 5.92 Å². The van der Waals surface area contributed by atoms with E-state index in [0.29, 0.717) is 16.9 Å². The van der Waals surface area contributed by atoms with Gasteiger partial charge in [0.05, 0.1) is 17.5 Å². The lowest BCUT2D eigenvalue weighted by Gasteiger charge is -2.20. The number of hydrogen-bond acceptors (Lipinski definition) is 6. The normalized spacial score (nSPS) is 19.8. The number of rotatable bonds is 7. The van der Waals surface area contributed by atoms with Gasteiger partial charge in [-0.2, -0.15) is 0 Å². The zero-order valence-corrected chi connectivity index (χ0v) is 15.3. The Kier molecular flexibility index (Phi) is 6.55. The third-order valence-corrected chi connectivity index (χ3v) is 4.86. The van der Waals surface area contributed by atoms with E-state index in [1.807, 2.05) is 13.8 Å². The summed E-state index contributed by atoms with van der Waals surface area (Å²) < 4.78 is 0. The van der Waals surface area contributed by atoms with Crippen LogP contribution in [0.5, 0.6) is 0 Å². The number of amides is 3. The first-order valence-corrected chi connectivity index (χ1v) is 9.01. The van der Waals surface area contributed by atoms with Crippen molar-refractivity contribution in [1.29, 1.82) is 0 Å². The van der Waals surface area contributed by atoms with Crippen molar-refractivity contribution in [2.45, 2.75) is 38.5 Å². The van der Waals surface area contributed by atoms with Gasteiger partial charge in [0.15, 0.2) is 5.81 Å². The lowest BCUT2D eigenvalue weighted by Crippen LogP contribution is -2.50. The third-order valence-electron chi connectivity index (χ3n) is 3.92. The summed E-state index contributed by atoms with van der Waals surface area (Å²) in [4.78, 5) is 47.6. The van der Waals surface area contributed by atoms with E-state index in [2.05, 4.69) is 16.0 Å². The molecule has 26 heavy (non-hydrogen) atoms. The van der Waals surface area contributed by atoms with Gasteiger partial charge in [0.2, 0.25) is 25.4 Å². The molecule has 1 aliphatic carbocycles. The van der Waals surface area contributed by atoms with Crippen molar-refractivity contribution in [2.75, 3.05) is 6.54 Å². The first kappa shape index (κ1) is 20.1. The largest absolute Gasteiger partial charge is 0.382 e. The van der Waals surface area contributed by atoms with Crippen LogP contribution in [-0.4, -0.2) is 55.0 Å². The van der Waals surface area contributed by atoms with Gasteiger partial charge in [-0.15, -0.1) is 11.3 Å². The summed E-state index contributed by atoms with van der Waals surface area (Å²) in [5.41, 5.74) is 0.570. The Morgan fingerprint density at radius 1 is 1.35 bits per heavy atom. The van der Waals surface area contributed by atoms with Crippen molar-refractivity contribution in [3.05, 3.63) is 21.9 Å². The van der Waals surface area contributed by atoms with Crippen molar-refractivity contribution in [3.63, 3.8) is 0 Å². The molecule has 3 amide bonds. The van der Waals surface area contributed by atoms with E-state index in [-0.39, 0.29) is 12.5 Å². The highest BCUT2D eigenvalue weighted by atomic mass is 32.1. The highest BCUT2D eigenvalue weighted by Gasteiger charge is 2.40. The molecule has 4 N–H and O–H groups in total. The topological polar surface area (TPSA) is 125 Å². The van der Waals surface area contributed by atoms with E-state index < -0.39 is 41.6 Å². The number of carbonyl (C=O) groups is 4. The number of Topliss-reactive ketones (excluding diaryl/α,β-unsaturated/α-hetero) is 1. The number of aliphatic hydroxyl groups is 1. The summed E-state index contributed by atoms with van der Waals surface area (Å²) in [5, 5.41) is 19.0. The minimum Gasteiger partial charge on any atom is -0.382 e. The van der Waals surface area contributed by atoms with Crippen LogP contribution in [0.1, 0.15) is 41.5 Å². The van der Waals surface area contributed by atoms with Gasteiger partial charge in [-0.1, -0.05) is 13.8 Å². The van der Waals surface area contributed by atoms with Crippen LogP contribution in [0.3, 0.4) is 0 Å². The molecule has 0 aliphatic heterocycles. The molecule has 3 atom stereocenters. The standard InChI is InChI=1S/C16H20BN3O5S/c1-7(2)5-9(19-16(17)25)15(24)18-6-10(21)20-11-8-3-4-26-14(8)13(23)12(11)22/h3-4,7,9,11-12,22H,5-6H2,1-2H3,(H,18,24)(H,19,25)(H,20,21). The second-order valence-electron chi connectivity index (χ2n) is 6.47. The van der Waals surface area contributed by atoms with Gasteiger partial charge in [-0.3, -0.25) is 19.2 Å². The fourth-order valence-corrected chi connectivity index (χ4v) is 3.69. The maximum atomic E-state index is 12.2. The molecule has 0 saturated carbocycles. The van der Waals surface area contributed by atoms with Crippen LogP contribution in [0.2, 0.25) is 0 Å². The van der Waals surface area contributed by atoms with Gasteiger partial charge in [-0.25, -0.2) is 0 Å². The molecular weight excluding hydrogens is 357 g/mol. The molecule has 1 aromatic rings. The number of thiophene rings is 1. The van der Waals surface area contributed by atoms with E-state index in [1.165, 1.54) is 11.3 Å². The van der Waals surface area contributed by atoms with E-state index in [0.717, 1.165) is 0 Å². The monoisotopic (exact) mass is 377 g/mol. The molecule has 10 heteroatoms. The van der Waals surface area contributed by atoms with Crippen LogP contribution < -0.4 is 16.0 Å². The zero-order chi connectivity index (χ0) is 19.4. The Bertz CT molecular complexity index is 720. The van der Waals surface area contributed by atoms with Gasteiger partial charge in [0, 0.05) is 0 Å². The number of nitrogens with one attached hydrogen (secondary N) is 3. The van der Waals surface area contributed by atoms with Crippen LogP contribution in [0.15, 0.2) is 11.4 Å². The molecule has 0 bridgehead atoms. The number of hydrogen-bond donors (Lipinski definition) is 4. The van der Waals surface area contributed by atoms with Gasteiger partial charge in [0.25, 0.3) is 0 Å². The molecule has 2 rings (SSSR count). The molecule has 0 spiro atoms. The second kappa shape index (κ2) is 8.46. The van der Waals surface area contributed by atoms with Crippen molar-refractivity contribution < 1.29 is 24.3 Å². The average Bonchev–Trinajstić information content (AvgIpc) is 3.10. The second-order valence-corrected chi connectivity index (χ2v) is 7.38. The highest BCUT2D eigenvalue weighted by molar-refractivity contribution is 7.12. The maximum Gasteiger partial charge on any atom is 0.242 e. The fraction of sp³-hybridized carbons (Fsp3) is 0.500. The number of carbonyl (C=O) groups excluding carboxylic acids is 4. The molecule has 1 aliphatic rings. The molecule has 2 radical (unpaired) electrons. The lowest BCUT2D eigenvalue weighted by molar-refractivity contribution is -0.127. The van der Waals surface area contributed by atoms with Crippen molar-refractivity contribution in [1.82, 2.24) is 16.0 Å². The number of aliphatic hydroxyl groups excluding tert-OH is 1. The first-order chi connectivity index (χ1) is 12.2. The first-order valence-electron chi connectivity index (χ1n) is 8.13. The highest BCUT2D eigenvalue weighted by Crippen LogP contribution is 2.35. The molecule has 0 aromatic carbocycles. The minimum absolute atomic E-state index is 0.128. The van der Waals surface area contributed by atoms with Gasteiger partial charge in [0.1, 0.15) is 12.1 Å². The summed E-state index contributed by atoms with van der Waals surface area (Å²) in [5.74, 6) is -2.22. The Balaban J connectivity index is 1.91. The summed E-state index contributed by atoms with van der Waals surface area (Å²) in [6.07, 6.45) is -0.966. The van der Waals surface area contributed by atoms with Gasteiger partial charge >= 0.3 is 0 Å². The molecule has 0 fully saturated rings. The summed E-state index contributed by atoms with van der Waals surface area (Å²) >= 11 is 1.21. The maximum absolute atomic E-state index is 12.2.